The lowest BCUT2D eigenvalue weighted by atomic mass is 10.0. The van der Waals surface area contributed by atoms with E-state index in [0.717, 1.165) is 0 Å². The first kappa shape index (κ1) is 16.2. The van der Waals surface area contributed by atoms with Gasteiger partial charge in [0.25, 0.3) is 11.6 Å². The van der Waals surface area contributed by atoms with Gasteiger partial charge in [0.1, 0.15) is 0 Å². The summed E-state index contributed by atoms with van der Waals surface area (Å²) in [7, 11) is 0. The van der Waals surface area contributed by atoms with Gasteiger partial charge >= 0.3 is 6.18 Å². The minimum absolute atomic E-state index is 0.000272. The van der Waals surface area contributed by atoms with Gasteiger partial charge in [0.2, 0.25) is 0 Å². The van der Waals surface area contributed by atoms with Crippen LogP contribution in [-0.4, -0.2) is 33.6 Å². The second-order valence-corrected chi connectivity index (χ2v) is 5.39. The lowest BCUT2D eigenvalue weighted by molar-refractivity contribution is -0.297. The Hall–Kier alpha value is -2.67. The number of hydrazone groups is 1. The number of carbonyl (C=O) groups excluding carboxylic acids is 1. The molecule has 2 aromatic rings. The van der Waals surface area contributed by atoms with Crippen LogP contribution in [-0.2, 0) is 0 Å². The number of amides is 1. The third-order valence-electron chi connectivity index (χ3n) is 3.76. The van der Waals surface area contributed by atoms with Gasteiger partial charge in [0, 0.05) is 5.56 Å². The van der Waals surface area contributed by atoms with Crippen LogP contribution in [0.2, 0.25) is 0 Å². The summed E-state index contributed by atoms with van der Waals surface area (Å²) in [6.07, 6.45) is -5.86. The van der Waals surface area contributed by atoms with Crippen LogP contribution in [0.1, 0.15) is 22.3 Å². The predicted octanol–water partition coefficient (Wildman–Crippen LogP) is 3.19. The van der Waals surface area contributed by atoms with E-state index in [4.69, 9.17) is 0 Å². The highest BCUT2D eigenvalue weighted by atomic mass is 19.4. The van der Waals surface area contributed by atoms with E-state index in [1.54, 1.807) is 36.4 Å². The number of alkyl halides is 3. The van der Waals surface area contributed by atoms with E-state index in [9.17, 15) is 23.1 Å². The molecule has 0 radical (unpaired) electrons. The van der Waals surface area contributed by atoms with Crippen molar-refractivity contribution in [2.75, 3.05) is 0 Å². The Balaban J connectivity index is 2.05. The molecule has 1 aliphatic heterocycles. The maximum atomic E-state index is 13.4. The topological polar surface area (TPSA) is 52.9 Å². The van der Waals surface area contributed by atoms with Crippen LogP contribution in [0.25, 0.3) is 0 Å². The molecule has 0 fully saturated rings. The van der Waals surface area contributed by atoms with E-state index < -0.39 is 24.2 Å². The number of nitrogens with zero attached hydrogens (tertiary/aromatic N) is 2. The summed E-state index contributed by atoms with van der Waals surface area (Å²) in [5, 5.41) is 14.1. The number of hydrogen-bond acceptors (Lipinski definition) is 3. The number of benzene rings is 2. The van der Waals surface area contributed by atoms with Crippen molar-refractivity contribution in [2.24, 2.45) is 5.10 Å². The summed E-state index contributed by atoms with van der Waals surface area (Å²) in [5.41, 5.74) is -2.94. The van der Waals surface area contributed by atoms with Gasteiger partial charge in [-0.15, -0.1) is 0 Å². The minimum atomic E-state index is -5.04. The van der Waals surface area contributed by atoms with Gasteiger partial charge in [-0.1, -0.05) is 48.5 Å². The molecular formula is C17H13F3N2O2. The van der Waals surface area contributed by atoms with Crippen LogP contribution in [0, 0.1) is 0 Å². The molecule has 7 heteroatoms. The first-order chi connectivity index (χ1) is 11.3. The second-order valence-electron chi connectivity index (χ2n) is 5.39. The maximum absolute atomic E-state index is 13.4. The van der Waals surface area contributed by atoms with Crippen molar-refractivity contribution in [2.45, 2.75) is 18.3 Å². The number of aliphatic hydroxyl groups is 1. The quantitative estimate of drug-likeness (QED) is 0.917. The first-order valence-corrected chi connectivity index (χ1v) is 7.14. The third-order valence-corrected chi connectivity index (χ3v) is 3.76. The molecule has 24 heavy (non-hydrogen) atoms. The fourth-order valence-corrected chi connectivity index (χ4v) is 2.47. The van der Waals surface area contributed by atoms with Gasteiger partial charge in [-0.25, -0.2) is 0 Å². The molecule has 1 amide bonds. The molecule has 0 saturated heterocycles. The van der Waals surface area contributed by atoms with Crippen LogP contribution in [0.15, 0.2) is 65.8 Å². The summed E-state index contributed by atoms with van der Waals surface area (Å²) >= 11 is 0. The summed E-state index contributed by atoms with van der Waals surface area (Å²) in [6, 6.07) is 15.6. The molecule has 0 aliphatic carbocycles. The summed E-state index contributed by atoms with van der Waals surface area (Å²) < 4.78 is 40.3. The average molecular weight is 334 g/mol. The van der Waals surface area contributed by atoms with Crippen LogP contribution < -0.4 is 0 Å². The SMILES string of the molecule is O=C(c1ccccc1)N1N=C(c2ccccc2)CC1(O)C(F)(F)F. The summed E-state index contributed by atoms with van der Waals surface area (Å²) in [4.78, 5) is 12.4. The lowest BCUT2D eigenvalue weighted by Crippen LogP contribution is -2.56. The van der Waals surface area contributed by atoms with Gasteiger partial charge in [0.15, 0.2) is 0 Å². The smallest absolute Gasteiger partial charge is 0.362 e. The lowest BCUT2D eigenvalue weighted by Gasteiger charge is -2.32. The predicted molar refractivity (Wildman–Crippen MR) is 81.2 cm³/mol. The molecule has 3 rings (SSSR count). The van der Waals surface area contributed by atoms with Crippen LogP contribution in [0.4, 0.5) is 13.2 Å². The minimum Gasteiger partial charge on any atom is -0.362 e. The molecule has 0 spiro atoms. The van der Waals surface area contributed by atoms with E-state index in [2.05, 4.69) is 5.10 Å². The molecular weight excluding hydrogens is 321 g/mol. The van der Waals surface area contributed by atoms with Gasteiger partial charge in [0.05, 0.1) is 12.1 Å². The van der Waals surface area contributed by atoms with Crippen molar-refractivity contribution in [3.8, 4) is 0 Å². The molecule has 1 unspecified atom stereocenters. The Morgan fingerprint density at radius 2 is 1.58 bits per heavy atom. The van der Waals surface area contributed by atoms with E-state index in [-0.39, 0.29) is 16.3 Å². The number of rotatable bonds is 2. The first-order valence-electron chi connectivity index (χ1n) is 7.14. The fraction of sp³-hybridized carbons (Fsp3) is 0.176. The number of halogens is 3. The zero-order chi connectivity index (χ0) is 17.4. The van der Waals surface area contributed by atoms with Gasteiger partial charge in [-0.2, -0.15) is 23.3 Å². The highest BCUT2D eigenvalue weighted by molar-refractivity contribution is 6.05. The van der Waals surface area contributed by atoms with Crippen molar-refractivity contribution >= 4 is 11.6 Å². The Bertz CT molecular complexity index is 775. The normalized spacial score (nSPS) is 20.8. The number of hydrogen-bond donors (Lipinski definition) is 1. The van der Waals surface area contributed by atoms with Gasteiger partial charge < -0.3 is 5.11 Å². The van der Waals surface area contributed by atoms with Crippen LogP contribution in [0.3, 0.4) is 0 Å². The van der Waals surface area contributed by atoms with Crippen molar-refractivity contribution < 1.29 is 23.1 Å². The van der Waals surface area contributed by atoms with Gasteiger partial charge in [-0.3, -0.25) is 4.79 Å². The van der Waals surface area contributed by atoms with Crippen molar-refractivity contribution in [1.82, 2.24) is 5.01 Å². The standard InChI is InChI=1S/C17H13F3N2O2/c18-17(19,20)16(24)11-14(12-7-3-1-4-8-12)21-22(16)15(23)13-9-5-2-6-10-13/h1-10,24H,11H2. The molecule has 1 atom stereocenters. The van der Waals surface area contributed by atoms with Crippen molar-refractivity contribution in [1.29, 1.82) is 0 Å². The van der Waals surface area contributed by atoms with Crippen LogP contribution in [0.5, 0.6) is 0 Å². The highest BCUT2D eigenvalue weighted by Crippen LogP contribution is 2.41. The third kappa shape index (κ3) is 2.67. The molecule has 1 heterocycles. The molecule has 124 valence electrons. The summed E-state index contributed by atoms with van der Waals surface area (Å²) in [6.45, 7) is 0. The zero-order valence-electron chi connectivity index (χ0n) is 12.4. The van der Waals surface area contributed by atoms with E-state index >= 15 is 0 Å². The second kappa shape index (κ2) is 5.76. The number of carbonyl (C=O) groups is 1. The van der Waals surface area contributed by atoms with Crippen molar-refractivity contribution in [3.05, 3.63) is 71.8 Å². The Labute approximate surface area is 135 Å². The highest BCUT2D eigenvalue weighted by Gasteiger charge is 2.63. The summed E-state index contributed by atoms with van der Waals surface area (Å²) in [5.74, 6) is -1.01. The monoisotopic (exact) mass is 334 g/mol. The van der Waals surface area contributed by atoms with Crippen molar-refractivity contribution in [3.63, 3.8) is 0 Å². The van der Waals surface area contributed by atoms with Crippen LogP contribution >= 0.6 is 0 Å². The molecule has 1 aliphatic rings. The Kier molecular flexibility index (Phi) is 3.88. The van der Waals surface area contributed by atoms with E-state index in [0.29, 0.717) is 5.56 Å². The molecule has 4 nitrogen and oxygen atoms in total. The fourth-order valence-electron chi connectivity index (χ4n) is 2.47. The molecule has 0 bridgehead atoms. The Morgan fingerprint density at radius 1 is 1.04 bits per heavy atom. The zero-order valence-corrected chi connectivity index (χ0v) is 12.4. The maximum Gasteiger partial charge on any atom is 0.438 e. The Morgan fingerprint density at radius 3 is 2.12 bits per heavy atom. The molecule has 0 aromatic heterocycles. The largest absolute Gasteiger partial charge is 0.438 e. The molecule has 0 saturated carbocycles. The van der Waals surface area contributed by atoms with E-state index in [1.807, 2.05) is 0 Å². The molecule has 1 N–H and O–H groups in total. The van der Waals surface area contributed by atoms with E-state index in [1.165, 1.54) is 24.3 Å². The van der Waals surface area contributed by atoms with Gasteiger partial charge in [-0.05, 0) is 17.7 Å². The molecule has 2 aromatic carbocycles. The average Bonchev–Trinajstić information content (AvgIpc) is 2.95.